The third-order valence-corrected chi connectivity index (χ3v) is 4.85. The lowest BCUT2D eigenvalue weighted by atomic mass is 10.0. The first-order valence-corrected chi connectivity index (χ1v) is 9.46. The van der Waals surface area contributed by atoms with E-state index in [1.165, 1.54) is 5.56 Å². The van der Waals surface area contributed by atoms with Crippen LogP contribution < -0.4 is 9.47 Å². The van der Waals surface area contributed by atoms with Crippen molar-refractivity contribution in [3.63, 3.8) is 0 Å². The number of hydrogen-bond acceptors (Lipinski definition) is 5. The predicted octanol–water partition coefficient (Wildman–Crippen LogP) is 3.56. The van der Waals surface area contributed by atoms with Crippen LogP contribution in [0.4, 0.5) is 0 Å². The number of fused-ring (bicyclic) bond motifs is 1. The molecule has 0 saturated carbocycles. The van der Waals surface area contributed by atoms with Crippen molar-refractivity contribution in [1.29, 1.82) is 0 Å². The Morgan fingerprint density at radius 1 is 1.21 bits per heavy atom. The van der Waals surface area contributed by atoms with E-state index in [1.54, 1.807) is 35.5 Å². The lowest BCUT2D eigenvalue weighted by molar-refractivity contribution is -0.134. The van der Waals surface area contributed by atoms with Gasteiger partial charge in [-0.15, -0.1) is 0 Å². The van der Waals surface area contributed by atoms with E-state index in [1.807, 2.05) is 37.3 Å². The second-order valence-electron chi connectivity index (χ2n) is 6.99. The summed E-state index contributed by atoms with van der Waals surface area (Å²) in [6, 6.07) is 15.3. The Bertz CT molecular complexity index is 1000. The number of phenols is 1. The maximum absolute atomic E-state index is 12.7. The summed E-state index contributed by atoms with van der Waals surface area (Å²) in [6.07, 6.45) is 3.22. The molecule has 4 rings (SSSR count). The highest BCUT2D eigenvalue weighted by molar-refractivity contribution is 5.78. The number of aromatic hydroxyl groups is 1. The molecule has 0 aliphatic carbocycles. The number of aryl methyl sites for hydroxylation is 1. The smallest absolute Gasteiger partial charge is 0.260 e. The highest BCUT2D eigenvalue weighted by atomic mass is 16.5. The van der Waals surface area contributed by atoms with E-state index >= 15 is 0 Å². The van der Waals surface area contributed by atoms with Gasteiger partial charge in [-0.05, 0) is 42.3 Å². The second kappa shape index (κ2) is 8.22. The molecule has 0 radical (unpaired) electrons. The lowest BCUT2D eigenvalue weighted by Gasteiger charge is -2.20. The first-order valence-electron chi connectivity index (χ1n) is 9.46. The molecular formula is C23H22N2O4. The highest BCUT2D eigenvalue weighted by Crippen LogP contribution is 2.37. The molecule has 0 fully saturated rings. The highest BCUT2D eigenvalue weighted by Gasteiger charge is 2.23. The number of carbonyl (C=O) groups is 1. The van der Waals surface area contributed by atoms with Crippen LogP contribution in [0.15, 0.2) is 60.9 Å². The van der Waals surface area contributed by atoms with E-state index in [0.717, 1.165) is 16.7 Å². The molecule has 0 unspecified atom stereocenters. The normalized spacial score (nSPS) is 13.2. The van der Waals surface area contributed by atoms with Crippen LogP contribution in [-0.4, -0.2) is 40.7 Å². The Morgan fingerprint density at radius 3 is 2.79 bits per heavy atom. The van der Waals surface area contributed by atoms with E-state index in [0.29, 0.717) is 31.2 Å². The van der Waals surface area contributed by atoms with Crippen molar-refractivity contribution in [2.24, 2.45) is 0 Å². The van der Waals surface area contributed by atoms with Gasteiger partial charge in [0.15, 0.2) is 18.1 Å². The van der Waals surface area contributed by atoms with Crippen molar-refractivity contribution in [1.82, 2.24) is 9.88 Å². The van der Waals surface area contributed by atoms with Gasteiger partial charge >= 0.3 is 0 Å². The second-order valence-corrected chi connectivity index (χ2v) is 6.99. The average Bonchev–Trinajstić information content (AvgIpc) is 2.96. The van der Waals surface area contributed by atoms with Gasteiger partial charge in [-0.3, -0.25) is 9.78 Å². The Labute approximate surface area is 169 Å². The van der Waals surface area contributed by atoms with Crippen LogP contribution in [0.1, 0.15) is 11.1 Å². The summed E-state index contributed by atoms with van der Waals surface area (Å²) in [5, 5.41) is 10.5. The number of phenolic OH excluding ortho intramolecular Hbond substituents is 1. The van der Waals surface area contributed by atoms with Crippen LogP contribution in [0.2, 0.25) is 0 Å². The van der Waals surface area contributed by atoms with Crippen molar-refractivity contribution in [3.05, 3.63) is 72.1 Å². The van der Waals surface area contributed by atoms with Crippen LogP contribution in [0.5, 0.6) is 17.2 Å². The van der Waals surface area contributed by atoms with Crippen molar-refractivity contribution in [2.45, 2.75) is 13.5 Å². The van der Waals surface area contributed by atoms with Gasteiger partial charge in [-0.2, -0.15) is 0 Å². The Hall–Kier alpha value is -3.54. The largest absolute Gasteiger partial charge is 0.504 e. The van der Waals surface area contributed by atoms with Crippen molar-refractivity contribution in [3.8, 4) is 28.4 Å². The molecule has 1 amide bonds. The number of ether oxygens (including phenoxy) is 2. The zero-order chi connectivity index (χ0) is 20.2. The number of rotatable bonds is 4. The number of benzene rings is 2. The third kappa shape index (κ3) is 4.32. The minimum Gasteiger partial charge on any atom is -0.504 e. The SMILES string of the molecule is Cc1ccc(-c2cc(O)c3c(c2)CN(C(=O)COc2cccnc2)CCO3)cc1. The molecule has 148 valence electrons. The van der Waals surface area contributed by atoms with E-state index in [2.05, 4.69) is 4.98 Å². The topological polar surface area (TPSA) is 71.9 Å². The van der Waals surface area contributed by atoms with Crippen LogP contribution >= 0.6 is 0 Å². The summed E-state index contributed by atoms with van der Waals surface area (Å²) < 4.78 is 11.3. The summed E-state index contributed by atoms with van der Waals surface area (Å²) in [4.78, 5) is 18.3. The van der Waals surface area contributed by atoms with E-state index in [9.17, 15) is 9.90 Å². The summed E-state index contributed by atoms with van der Waals surface area (Å²) in [6.45, 7) is 3.03. The number of carbonyl (C=O) groups excluding carboxylic acids is 1. The molecule has 0 bridgehead atoms. The van der Waals surface area contributed by atoms with Crippen LogP contribution in [0.3, 0.4) is 0 Å². The Morgan fingerprint density at radius 2 is 2.03 bits per heavy atom. The first kappa shape index (κ1) is 18.8. The molecule has 1 aliphatic heterocycles. The van der Waals surface area contributed by atoms with Gasteiger partial charge in [-0.25, -0.2) is 0 Å². The Kier molecular flexibility index (Phi) is 5.33. The zero-order valence-electron chi connectivity index (χ0n) is 16.2. The van der Waals surface area contributed by atoms with Crippen molar-refractivity contribution < 1.29 is 19.4 Å². The van der Waals surface area contributed by atoms with Gasteiger partial charge < -0.3 is 19.5 Å². The summed E-state index contributed by atoms with van der Waals surface area (Å²) in [7, 11) is 0. The fourth-order valence-corrected chi connectivity index (χ4v) is 3.29. The van der Waals surface area contributed by atoms with Gasteiger partial charge in [0.1, 0.15) is 12.4 Å². The van der Waals surface area contributed by atoms with Gasteiger partial charge in [-0.1, -0.05) is 29.8 Å². The number of aromatic nitrogens is 1. The zero-order valence-corrected chi connectivity index (χ0v) is 16.2. The molecule has 6 nitrogen and oxygen atoms in total. The average molecular weight is 390 g/mol. The number of pyridine rings is 1. The lowest BCUT2D eigenvalue weighted by Crippen LogP contribution is -2.36. The monoisotopic (exact) mass is 390 g/mol. The van der Waals surface area contributed by atoms with Gasteiger partial charge in [0.2, 0.25) is 0 Å². The van der Waals surface area contributed by atoms with Crippen molar-refractivity contribution in [2.75, 3.05) is 19.8 Å². The van der Waals surface area contributed by atoms with Crippen molar-refractivity contribution >= 4 is 5.91 Å². The molecule has 2 aromatic carbocycles. The molecular weight excluding hydrogens is 368 g/mol. The molecule has 0 saturated heterocycles. The maximum atomic E-state index is 12.7. The van der Waals surface area contributed by atoms with Crippen LogP contribution in [-0.2, 0) is 11.3 Å². The molecule has 1 aromatic heterocycles. The molecule has 3 aromatic rings. The molecule has 29 heavy (non-hydrogen) atoms. The van der Waals surface area contributed by atoms with E-state index in [4.69, 9.17) is 9.47 Å². The third-order valence-electron chi connectivity index (χ3n) is 4.85. The number of nitrogens with zero attached hydrogens (tertiary/aromatic N) is 2. The first-order chi connectivity index (χ1) is 14.1. The fourth-order valence-electron chi connectivity index (χ4n) is 3.29. The van der Waals surface area contributed by atoms with E-state index in [-0.39, 0.29) is 18.3 Å². The minimum atomic E-state index is -0.148. The van der Waals surface area contributed by atoms with Gasteiger partial charge in [0, 0.05) is 18.3 Å². The summed E-state index contributed by atoms with van der Waals surface area (Å²) >= 11 is 0. The molecule has 0 atom stereocenters. The molecule has 2 heterocycles. The molecule has 1 N–H and O–H groups in total. The summed E-state index contributed by atoms with van der Waals surface area (Å²) in [5.74, 6) is 0.917. The maximum Gasteiger partial charge on any atom is 0.260 e. The van der Waals surface area contributed by atoms with E-state index < -0.39 is 0 Å². The van der Waals surface area contributed by atoms with Crippen LogP contribution in [0, 0.1) is 6.92 Å². The molecule has 6 heteroatoms. The Balaban J connectivity index is 1.54. The number of hydrogen-bond donors (Lipinski definition) is 1. The molecule has 1 aliphatic rings. The van der Waals surface area contributed by atoms with Gasteiger partial charge in [0.25, 0.3) is 5.91 Å². The molecule has 0 spiro atoms. The standard InChI is InChI=1S/C23H22N2O4/c1-16-4-6-17(7-5-16)18-11-19-14-25(9-10-28-23(19)21(26)12-18)22(27)15-29-20-3-2-8-24-13-20/h2-8,11-13,26H,9-10,14-15H2,1H3. The fraction of sp³-hybridized carbons (Fsp3) is 0.217. The minimum absolute atomic E-state index is 0.0787. The number of amides is 1. The summed E-state index contributed by atoms with van der Waals surface area (Å²) in [5.41, 5.74) is 3.82. The quantitative estimate of drug-likeness (QED) is 0.737. The predicted molar refractivity (Wildman–Crippen MR) is 109 cm³/mol. The van der Waals surface area contributed by atoms with Crippen LogP contribution in [0.25, 0.3) is 11.1 Å². The van der Waals surface area contributed by atoms with Gasteiger partial charge in [0.05, 0.1) is 12.7 Å².